The van der Waals surface area contributed by atoms with Crippen LogP contribution in [0.2, 0.25) is 0 Å². The Labute approximate surface area is 164 Å². The van der Waals surface area contributed by atoms with Gasteiger partial charge < -0.3 is 4.98 Å². The molecule has 0 atom stereocenters. The van der Waals surface area contributed by atoms with Crippen molar-refractivity contribution in [1.29, 1.82) is 0 Å². The Bertz CT molecular complexity index is 1410. The molecule has 0 aliphatic rings. The van der Waals surface area contributed by atoms with Crippen molar-refractivity contribution in [3.63, 3.8) is 0 Å². The van der Waals surface area contributed by atoms with Crippen LogP contribution in [0.3, 0.4) is 0 Å². The summed E-state index contributed by atoms with van der Waals surface area (Å²) in [5.41, 5.74) is 4.60. The van der Waals surface area contributed by atoms with Gasteiger partial charge in [0.05, 0.1) is 27.8 Å². The maximum absolute atomic E-state index is 12.3. The number of hydrogen-bond acceptors (Lipinski definition) is 5. The van der Waals surface area contributed by atoms with Crippen LogP contribution < -0.4 is 5.56 Å². The van der Waals surface area contributed by atoms with Gasteiger partial charge in [-0.2, -0.15) is 10.2 Å². The molecule has 5 aromatic rings. The minimum Gasteiger partial charge on any atom is -0.320 e. The van der Waals surface area contributed by atoms with Crippen molar-refractivity contribution in [2.45, 2.75) is 0 Å². The minimum absolute atomic E-state index is 0.241. The average Bonchev–Trinajstić information content (AvgIpc) is 3.35. The molecule has 8 nitrogen and oxygen atoms in total. The molecule has 0 spiro atoms. The average molecular weight is 381 g/mol. The predicted octanol–water partition coefficient (Wildman–Crippen LogP) is 4.71. The molecule has 2 aromatic carbocycles. The second kappa shape index (κ2) is 7.01. The Hall–Kier alpha value is -4.33. The number of fused-ring (bicyclic) bond motifs is 3. The monoisotopic (exact) mass is 381 g/mol. The quantitative estimate of drug-likeness (QED) is 0.391. The Morgan fingerprint density at radius 2 is 1.76 bits per heavy atom. The molecule has 0 saturated heterocycles. The van der Waals surface area contributed by atoms with Gasteiger partial charge in [-0.15, -0.1) is 5.11 Å². The van der Waals surface area contributed by atoms with E-state index >= 15 is 0 Å². The van der Waals surface area contributed by atoms with E-state index in [1.807, 2.05) is 66.7 Å². The predicted molar refractivity (Wildman–Crippen MR) is 112 cm³/mol. The minimum atomic E-state index is -0.297. The third-order valence-corrected chi connectivity index (χ3v) is 4.53. The Kier molecular flexibility index (Phi) is 4.06. The van der Waals surface area contributed by atoms with Crippen molar-refractivity contribution < 1.29 is 0 Å². The van der Waals surface area contributed by atoms with E-state index in [0.717, 1.165) is 16.8 Å². The molecule has 0 radical (unpaired) electrons. The highest BCUT2D eigenvalue weighted by Crippen LogP contribution is 2.29. The van der Waals surface area contributed by atoms with Gasteiger partial charge in [0.25, 0.3) is 5.56 Å². The number of pyridine rings is 1. The second-order valence-electron chi connectivity index (χ2n) is 6.42. The summed E-state index contributed by atoms with van der Waals surface area (Å²) in [6, 6.07) is 17.0. The van der Waals surface area contributed by atoms with Crippen LogP contribution in [-0.4, -0.2) is 25.4 Å². The van der Waals surface area contributed by atoms with Gasteiger partial charge >= 0.3 is 0 Å². The smallest absolute Gasteiger partial charge is 0.276 e. The highest BCUT2D eigenvalue weighted by molar-refractivity contribution is 6.08. The molecule has 0 aliphatic carbocycles. The topological polar surface area (TPSA) is 115 Å². The molecule has 3 N–H and O–H groups in total. The molecule has 140 valence electrons. The Morgan fingerprint density at radius 3 is 2.59 bits per heavy atom. The largest absolute Gasteiger partial charge is 0.320 e. The van der Waals surface area contributed by atoms with E-state index in [9.17, 15) is 4.79 Å². The van der Waals surface area contributed by atoms with Crippen LogP contribution in [0.15, 0.2) is 75.8 Å². The van der Waals surface area contributed by atoms with E-state index in [-0.39, 0.29) is 11.2 Å². The van der Waals surface area contributed by atoms with E-state index < -0.39 is 0 Å². The van der Waals surface area contributed by atoms with Crippen LogP contribution in [0.5, 0.6) is 0 Å². The number of rotatable bonds is 4. The molecular weight excluding hydrogens is 366 g/mol. The zero-order chi connectivity index (χ0) is 19.6. The molecule has 0 amide bonds. The van der Waals surface area contributed by atoms with Gasteiger partial charge in [0.2, 0.25) is 0 Å². The van der Waals surface area contributed by atoms with Gasteiger partial charge in [-0.25, -0.2) is 5.21 Å². The van der Waals surface area contributed by atoms with Crippen molar-refractivity contribution in [2.24, 2.45) is 10.2 Å². The molecule has 0 saturated carbocycles. The first-order chi connectivity index (χ1) is 14.3. The number of nitrogens with zero attached hydrogens (tertiary/aromatic N) is 4. The van der Waals surface area contributed by atoms with Crippen molar-refractivity contribution in [3.8, 4) is 0 Å². The molecule has 8 heteroatoms. The fraction of sp³-hybridized carbons (Fsp3) is 0. The lowest BCUT2D eigenvalue weighted by Crippen LogP contribution is -1.95. The summed E-state index contributed by atoms with van der Waals surface area (Å²) in [5, 5.41) is 18.9. The third-order valence-electron chi connectivity index (χ3n) is 4.53. The van der Waals surface area contributed by atoms with Gasteiger partial charge in [-0.05, 0) is 48.0 Å². The molecule has 0 aliphatic heterocycles. The number of benzene rings is 2. The number of hydrogen-bond donors (Lipinski definition) is 3. The summed E-state index contributed by atoms with van der Waals surface area (Å²) in [6.07, 6.45) is 5.68. The molecule has 5 rings (SSSR count). The van der Waals surface area contributed by atoms with Crippen LogP contribution in [0.1, 0.15) is 11.3 Å². The first kappa shape index (κ1) is 16.8. The molecule has 29 heavy (non-hydrogen) atoms. The molecule has 0 bridgehead atoms. The number of aromatic nitrogens is 5. The van der Waals surface area contributed by atoms with Gasteiger partial charge in [-0.3, -0.25) is 14.9 Å². The van der Waals surface area contributed by atoms with E-state index in [1.54, 1.807) is 6.20 Å². The summed E-state index contributed by atoms with van der Waals surface area (Å²) in [4.78, 5) is 19.4. The zero-order valence-electron chi connectivity index (χ0n) is 15.1. The highest BCUT2D eigenvalue weighted by atomic mass is 16.1. The lowest BCUT2D eigenvalue weighted by atomic mass is 10.2. The number of aromatic amines is 3. The van der Waals surface area contributed by atoms with Gasteiger partial charge in [0.1, 0.15) is 5.52 Å². The summed E-state index contributed by atoms with van der Waals surface area (Å²) in [5.74, 6) is 0. The second-order valence-corrected chi connectivity index (χ2v) is 6.42. The van der Waals surface area contributed by atoms with Crippen LogP contribution in [0.25, 0.3) is 34.1 Å². The van der Waals surface area contributed by atoms with Crippen LogP contribution in [-0.2, 0) is 0 Å². The maximum Gasteiger partial charge on any atom is 0.276 e. The first-order valence-electron chi connectivity index (χ1n) is 8.96. The Balaban J connectivity index is 1.43. The lowest BCUT2D eigenvalue weighted by molar-refractivity contribution is 0.960. The van der Waals surface area contributed by atoms with Crippen molar-refractivity contribution in [3.05, 3.63) is 82.4 Å². The number of azo groups is 1. The van der Waals surface area contributed by atoms with E-state index in [0.29, 0.717) is 22.1 Å². The SMILES string of the molecule is O=c1[nH]c2ccc3[nH][nH]nc3c2c1N=Nc1ccc(/C=C/c2ccccn2)cc1. The van der Waals surface area contributed by atoms with Crippen LogP contribution in [0.4, 0.5) is 11.4 Å². The van der Waals surface area contributed by atoms with Crippen LogP contribution in [0, 0.1) is 0 Å². The van der Waals surface area contributed by atoms with E-state index in [1.165, 1.54) is 0 Å². The first-order valence-corrected chi connectivity index (χ1v) is 8.96. The fourth-order valence-electron chi connectivity index (χ4n) is 3.10. The molecule has 3 aromatic heterocycles. The summed E-state index contributed by atoms with van der Waals surface area (Å²) >= 11 is 0. The summed E-state index contributed by atoms with van der Waals surface area (Å²) in [6.45, 7) is 0. The van der Waals surface area contributed by atoms with Gasteiger partial charge in [0.15, 0.2) is 5.69 Å². The molecule has 0 unspecified atom stereocenters. The van der Waals surface area contributed by atoms with Crippen molar-refractivity contribution in [1.82, 2.24) is 25.4 Å². The van der Waals surface area contributed by atoms with E-state index in [2.05, 4.69) is 35.6 Å². The number of nitrogens with one attached hydrogen (secondary N) is 3. The van der Waals surface area contributed by atoms with Crippen molar-refractivity contribution >= 4 is 45.5 Å². The molecular formula is C21H15N7O. The summed E-state index contributed by atoms with van der Waals surface area (Å²) in [7, 11) is 0. The normalized spacial score (nSPS) is 12.0. The van der Waals surface area contributed by atoms with Crippen LogP contribution >= 0.6 is 0 Å². The molecule has 0 fully saturated rings. The van der Waals surface area contributed by atoms with Gasteiger partial charge in [-0.1, -0.05) is 24.3 Å². The lowest BCUT2D eigenvalue weighted by Gasteiger charge is -1.96. The third kappa shape index (κ3) is 3.23. The summed E-state index contributed by atoms with van der Waals surface area (Å²) < 4.78 is 0. The van der Waals surface area contributed by atoms with Gasteiger partial charge in [0, 0.05) is 6.20 Å². The van der Waals surface area contributed by atoms with Crippen molar-refractivity contribution in [2.75, 3.05) is 0 Å². The fourth-order valence-corrected chi connectivity index (χ4v) is 3.10. The highest BCUT2D eigenvalue weighted by Gasteiger charge is 2.14. The number of H-pyrrole nitrogens is 3. The maximum atomic E-state index is 12.3. The van der Waals surface area contributed by atoms with E-state index in [4.69, 9.17) is 0 Å². The Morgan fingerprint density at radius 1 is 0.897 bits per heavy atom. The zero-order valence-corrected chi connectivity index (χ0v) is 15.1. The standard InChI is InChI=1S/C21H15N7O/c29-21-20(18-16(23-21)10-11-17-19(18)27-28-25-17)26-24-15-8-5-13(6-9-15)4-7-14-3-1-2-12-22-14/h1-12,25,28H,(H,23,29)/b7-4+,26-24?. The molecule has 3 heterocycles.